The van der Waals surface area contributed by atoms with Gasteiger partial charge in [-0.1, -0.05) is 30.4 Å². The Morgan fingerprint density at radius 3 is 2.60 bits per heavy atom. The Morgan fingerprint density at radius 1 is 1.25 bits per heavy atom. The first kappa shape index (κ1) is 13.8. The van der Waals surface area contributed by atoms with Crippen molar-refractivity contribution in [3.05, 3.63) is 48.0 Å². The third-order valence-electron chi connectivity index (χ3n) is 2.92. The summed E-state index contributed by atoms with van der Waals surface area (Å²) < 4.78 is 0. The van der Waals surface area contributed by atoms with Gasteiger partial charge in [0.25, 0.3) is 5.91 Å². The van der Waals surface area contributed by atoms with Crippen LogP contribution in [0.15, 0.2) is 42.5 Å². The lowest BCUT2D eigenvalue weighted by Gasteiger charge is -2.23. The Morgan fingerprint density at radius 2 is 1.95 bits per heavy atom. The molecule has 1 aliphatic heterocycles. The molecule has 0 aliphatic carbocycles. The standard InChI is InChI=1S/C14H14N2O4/c17-12(18)9-15-13(19)11-7-4-8-16(11)14(20)10-5-2-1-3-6-10/h1-7,11H,8-9H2,(H,15,19)(H,17,18). The number of rotatable bonds is 4. The number of benzene rings is 1. The second-order valence-electron chi connectivity index (χ2n) is 4.31. The summed E-state index contributed by atoms with van der Waals surface area (Å²) in [6.45, 7) is -0.130. The molecule has 0 bridgehead atoms. The molecule has 20 heavy (non-hydrogen) atoms. The number of carbonyl (C=O) groups is 3. The van der Waals surface area contributed by atoms with Crippen LogP contribution in [0.4, 0.5) is 0 Å². The average Bonchev–Trinajstić information content (AvgIpc) is 2.94. The quantitative estimate of drug-likeness (QED) is 0.771. The molecule has 1 unspecified atom stereocenters. The molecule has 104 valence electrons. The average molecular weight is 274 g/mol. The highest BCUT2D eigenvalue weighted by atomic mass is 16.4. The fourth-order valence-electron chi connectivity index (χ4n) is 1.97. The third-order valence-corrected chi connectivity index (χ3v) is 2.92. The Hall–Kier alpha value is -2.63. The van der Waals surface area contributed by atoms with Crippen LogP contribution in [-0.2, 0) is 9.59 Å². The number of aliphatic carboxylic acids is 1. The van der Waals surface area contributed by atoms with Crippen LogP contribution in [0.1, 0.15) is 10.4 Å². The van der Waals surface area contributed by atoms with E-state index in [0.29, 0.717) is 12.1 Å². The third kappa shape index (κ3) is 3.03. The van der Waals surface area contributed by atoms with E-state index in [2.05, 4.69) is 5.32 Å². The largest absolute Gasteiger partial charge is 0.480 e. The maximum atomic E-state index is 12.3. The zero-order valence-corrected chi connectivity index (χ0v) is 10.7. The summed E-state index contributed by atoms with van der Waals surface area (Å²) in [6.07, 6.45) is 3.31. The van der Waals surface area contributed by atoms with Crippen LogP contribution in [0.5, 0.6) is 0 Å². The lowest BCUT2D eigenvalue weighted by Crippen LogP contribution is -2.47. The van der Waals surface area contributed by atoms with E-state index in [1.807, 2.05) is 0 Å². The second-order valence-corrected chi connectivity index (χ2v) is 4.31. The van der Waals surface area contributed by atoms with Crippen LogP contribution in [0, 0.1) is 0 Å². The molecule has 0 saturated heterocycles. The molecule has 0 spiro atoms. The first-order valence-electron chi connectivity index (χ1n) is 6.12. The number of hydrogen-bond acceptors (Lipinski definition) is 3. The van der Waals surface area contributed by atoms with E-state index in [1.165, 1.54) is 4.90 Å². The Kier molecular flexibility index (Phi) is 4.14. The van der Waals surface area contributed by atoms with E-state index in [4.69, 9.17) is 5.11 Å². The summed E-state index contributed by atoms with van der Waals surface area (Å²) in [6, 6.07) is 7.88. The van der Waals surface area contributed by atoms with Crippen LogP contribution in [0.2, 0.25) is 0 Å². The Labute approximate surface area is 115 Å². The van der Waals surface area contributed by atoms with Crippen molar-refractivity contribution in [1.82, 2.24) is 10.2 Å². The van der Waals surface area contributed by atoms with E-state index in [1.54, 1.807) is 42.5 Å². The topological polar surface area (TPSA) is 86.7 Å². The molecule has 0 saturated carbocycles. The summed E-state index contributed by atoms with van der Waals surface area (Å²) in [5.74, 6) is -1.88. The molecule has 2 amide bonds. The highest BCUT2D eigenvalue weighted by Crippen LogP contribution is 2.14. The molecular weight excluding hydrogens is 260 g/mol. The summed E-state index contributed by atoms with van der Waals surface area (Å²) in [4.78, 5) is 36.0. The van der Waals surface area contributed by atoms with E-state index in [0.717, 1.165) is 0 Å². The van der Waals surface area contributed by atoms with Crippen LogP contribution in [-0.4, -0.2) is 46.9 Å². The van der Waals surface area contributed by atoms with Crippen LogP contribution in [0.3, 0.4) is 0 Å². The molecule has 6 heteroatoms. The van der Waals surface area contributed by atoms with E-state index in [-0.39, 0.29) is 5.91 Å². The van der Waals surface area contributed by atoms with Crippen molar-refractivity contribution in [3.8, 4) is 0 Å². The lowest BCUT2D eigenvalue weighted by atomic mass is 10.1. The van der Waals surface area contributed by atoms with Gasteiger partial charge in [0.1, 0.15) is 12.6 Å². The minimum Gasteiger partial charge on any atom is -0.480 e. The first-order valence-corrected chi connectivity index (χ1v) is 6.12. The smallest absolute Gasteiger partial charge is 0.322 e. The molecule has 2 N–H and O–H groups in total. The highest BCUT2D eigenvalue weighted by Gasteiger charge is 2.30. The molecule has 0 aromatic heterocycles. The van der Waals surface area contributed by atoms with Crippen molar-refractivity contribution in [3.63, 3.8) is 0 Å². The van der Waals surface area contributed by atoms with Crippen LogP contribution >= 0.6 is 0 Å². The fourth-order valence-corrected chi connectivity index (χ4v) is 1.97. The Balaban J connectivity index is 2.07. The number of carbonyl (C=O) groups excluding carboxylic acids is 2. The molecular formula is C14H14N2O4. The first-order chi connectivity index (χ1) is 9.59. The molecule has 2 rings (SSSR count). The predicted octanol–water partition coefficient (Wildman–Crippen LogP) is 0.268. The molecule has 1 atom stereocenters. The summed E-state index contributed by atoms with van der Waals surface area (Å²) in [5.41, 5.74) is 0.493. The molecule has 0 fully saturated rings. The summed E-state index contributed by atoms with van der Waals surface area (Å²) >= 11 is 0. The van der Waals surface area contributed by atoms with Gasteiger partial charge in [-0.15, -0.1) is 0 Å². The van der Waals surface area contributed by atoms with Gasteiger partial charge < -0.3 is 15.3 Å². The fraction of sp³-hybridized carbons (Fsp3) is 0.214. The molecule has 6 nitrogen and oxygen atoms in total. The van der Waals surface area contributed by atoms with Crippen molar-refractivity contribution in [2.45, 2.75) is 6.04 Å². The maximum absolute atomic E-state index is 12.3. The van der Waals surface area contributed by atoms with Gasteiger partial charge in [0.05, 0.1) is 0 Å². The molecule has 0 radical (unpaired) electrons. The number of carboxylic acid groups (broad SMARTS) is 1. The monoisotopic (exact) mass is 274 g/mol. The van der Waals surface area contributed by atoms with Crippen molar-refractivity contribution in [2.24, 2.45) is 0 Å². The summed E-state index contributed by atoms with van der Waals surface area (Å²) in [7, 11) is 0. The molecule has 1 aliphatic rings. The number of nitrogens with one attached hydrogen (secondary N) is 1. The minimum atomic E-state index is -1.12. The highest BCUT2D eigenvalue weighted by molar-refractivity contribution is 5.99. The van der Waals surface area contributed by atoms with Crippen molar-refractivity contribution < 1.29 is 19.5 Å². The van der Waals surface area contributed by atoms with Crippen molar-refractivity contribution in [2.75, 3.05) is 13.1 Å². The van der Waals surface area contributed by atoms with Crippen LogP contribution in [0.25, 0.3) is 0 Å². The lowest BCUT2D eigenvalue weighted by molar-refractivity contribution is -0.138. The Bertz CT molecular complexity index is 554. The van der Waals surface area contributed by atoms with E-state index in [9.17, 15) is 14.4 Å². The van der Waals surface area contributed by atoms with E-state index < -0.39 is 24.5 Å². The van der Waals surface area contributed by atoms with E-state index >= 15 is 0 Å². The van der Waals surface area contributed by atoms with Gasteiger partial charge in [-0.2, -0.15) is 0 Å². The van der Waals surface area contributed by atoms with Crippen molar-refractivity contribution in [1.29, 1.82) is 0 Å². The molecule has 1 aromatic carbocycles. The zero-order valence-electron chi connectivity index (χ0n) is 10.7. The minimum absolute atomic E-state index is 0.258. The second kappa shape index (κ2) is 6.01. The van der Waals surface area contributed by atoms with Crippen LogP contribution < -0.4 is 5.32 Å². The zero-order chi connectivity index (χ0) is 14.5. The maximum Gasteiger partial charge on any atom is 0.322 e. The van der Waals surface area contributed by atoms with Gasteiger partial charge in [-0.05, 0) is 12.1 Å². The van der Waals surface area contributed by atoms with Gasteiger partial charge in [0.15, 0.2) is 0 Å². The summed E-state index contributed by atoms with van der Waals surface area (Å²) in [5, 5.41) is 10.8. The SMILES string of the molecule is O=C(O)CNC(=O)C1C=CCN1C(=O)c1ccccc1. The molecule has 1 aromatic rings. The predicted molar refractivity (Wildman–Crippen MR) is 71.1 cm³/mol. The van der Waals surface area contributed by atoms with Gasteiger partial charge in [-0.3, -0.25) is 14.4 Å². The van der Waals surface area contributed by atoms with Gasteiger partial charge >= 0.3 is 5.97 Å². The van der Waals surface area contributed by atoms with Gasteiger partial charge in [0.2, 0.25) is 5.91 Å². The van der Waals surface area contributed by atoms with Gasteiger partial charge in [0, 0.05) is 12.1 Å². The number of carboxylic acids is 1. The normalized spacial score (nSPS) is 17.0. The van der Waals surface area contributed by atoms with Crippen molar-refractivity contribution >= 4 is 17.8 Å². The number of hydrogen-bond donors (Lipinski definition) is 2. The number of nitrogens with zero attached hydrogens (tertiary/aromatic N) is 1. The van der Waals surface area contributed by atoms with Gasteiger partial charge in [-0.25, -0.2) is 0 Å². The number of amides is 2. The molecule has 1 heterocycles.